The zero-order valence-corrected chi connectivity index (χ0v) is 12.6. The van der Waals surface area contributed by atoms with E-state index in [4.69, 9.17) is 0 Å². The van der Waals surface area contributed by atoms with Crippen molar-refractivity contribution in [2.45, 2.75) is 24.7 Å². The van der Waals surface area contributed by atoms with Gasteiger partial charge in [-0.25, -0.2) is 8.42 Å². The maximum atomic E-state index is 11.9. The molecule has 5 heteroatoms. The SMILES string of the molecule is CCS(=O)(=O)c1ccccc1NCCCCSC. The summed E-state index contributed by atoms with van der Waals surface area (Å²) in [5.74, 6) is 1.29. The topological polar surface area (TPSA) is 46.2 Å². The van der Waals surface area contributed by atoms with E-state index in [2.05, 4.69) is 11.6 Å². The van der Waals surface area contributed by atoms with E-state index >= 15 is 0 Å². The van der Waals surface area contributed by atoms with Crippen molar-refractivity contribution in [2.75, 3.05) is 29.6 Å². The van der Waals surface area contributed by atoms with E-state index < -0.39 is 9.84 Å². The Morgan fingerprint density at radius 3 is 2.61 bits per heavy atom. The van der Waals surface area contributed by atoms with Crippen LogP contribution in [0.15, 0.2) is 29.2 Å². The van der Waals surface area contributed by atoms with Gasteiger partial charge in [-0.05, 0) is 37.0 Å². The summed E-state index contributed by atoms with van der Waals surface area (Å²) in [5, 5.41) is 3.22. The smallest absolute Gasteiger partial charge is 0.180 e. The molecule has 0 aromatic heterocycles. The molecular weight excluding hydrogens is 266 g/mol. The number of hydrogen-bond donors (Lipinski definition) is 1. The van der Waals surface area contributed by atoms with Crippen LogP contribution in [0.2, 0.25) is 0 Å². The van der Waals surface area contributed by atoms with Gasteiger partial charge in [-0.15, -0.1) is 0 Å². The highest BCUT2D eigenvalue weighted by atomic mass is 32.2. The molecule has 0 bridgehead atoms. The van der Waals surface area contributed by atoms with Crippen LogP contribution < -0.4 is 5.32 Å². The fourth-order valence-electron chi connectivity index (χ4n) is 1.63. The molecule has 3 nitrogen and oxygen atoms in total. The lowest BCUT2D eigenvalue weighted by Gasteiger charge is -2.11. The Kier molecular flexibility index (Phi) is 6.57. The van der Waals surface area contributed by atoms with Crippen molar-refractivity contribution in [1.29, 1.82) is 0 Å². The Balaban J connectivity index is 2.66. The zero-order valence-electron chi connectivity index (χ0n) is 11.0. The Morgan fingerprint density at radius 2 is 1.94 bits per heavy atom. The average molecular weight is 287 g/mol. The summed E-state index contributed by atoms with van der Waals surface area (Å²) in [4.78, 5) is 0.414. The number of thioether (sulfide) groups is 1. The van der Waals surface area contributed by atoms with E-state index in [1.54, 1.807) is 19.1 Å². The van der Waals surface area contributed by atoms with Gasteiger partial charge in [-0.2, -0.15) is 11.8 Å². The lowest BCUT2D eigenvalue weighted by Crippen LogP contribution is -2.10. The van der Waals surface area contributed by atoms with Crippen LogP contribution in [0, 0.1) is 0 Å². The van der Waals surface area contributed by atoms with Gasteiger partial charge in [0.15, 0.2) is 9.84 Å². The van der Waals surface area contributed by atoms with Gasteiger partial charge < -0.3 is 5.32 Å². The Morgan fingerprint density at radius 1 is 1.22 bits per heavy atom. The number of unbranched alkanes of at least 4 members (excludes halogenated alkanes) is 1. The third-order valence-corrected chi connectivity index (χ3v) is 5.18. The normalized spacial score (nSPS) is 11.4. The quantitative estimate of drug-likeness (QED) is 0.747. The molecule has 0 fully saturated rings. The molecule has 0 aliphatic heterocycles. The van der Waals surface area contributed by atoms with Gasteiger partial charge in [0.05, 0.1) is 16.3 Å². The van der Waals surface area contributed by atoms with Crippen molar-refractivity contribution >= 4 is 27.3 Å². The number of nitrogens with one attached hydrogen (secondary N) is 1. The van der Waals surface area contributed by atoms with Gasteiger partial charge in [0.2, 0.25) is 0 Å². The number of anilines is 1. The van der Waals surface area contributed by atoms with Crippen molar-refractivity contribution in [1.82, 2.24) is 0 Å². The van der Waals surface area contributed by atoms with Crippen LogP contribution in [0.25, 0.3) is 0 Å². The summed E-state index contributed by atoms with van der Waals surface area (Å²) in [6, 6.07) is 7.13. The number of rotatable bonds is 8. The van der Waals surface area contributed by atoms with Crippen LogP contribution in [0.5, 0.6) is 0 Å². The summed E-state index contributed by atoms with van der Waals surface area (Å²) in [6.45, 7) is 2.49. The molecule has 1 rings (SSSR count). The third-order valence-electron chi connectivity index (χ3n) is 2.69. The van der Waals surface area contributed by atoms with E-state index in [0.29, 0.717) is 4.90 Å². The number of para-hydroxylation sites is 1. The number of sulfone groups is 1. The van der Waals surface area contributed by atoms with Crippen molar-refractivity contribution < 1.29 is 8.42 Å². The molecule has 0 aliphatic carbocycles. The van der Waals surface area contributed by atoms with E-state index in [9.17, 15) is 8.42 Å². The highest BCUT2D eigenvalue weighted by Crippen LogP contribution is 2.21. The van der Waals surface area contributed by atoms with E-state index in [1.165, 1.54) is 0 Å². The number of hydrogen-bond acceptors (Lipinski definition) is 4. The molecule has 0 atom stereocenters. The van der Waals surface area contributed by atoms with Crippen LogP contribution in [0.3, 0.4) is 0 Å². The van der Waals surface area contributed by atoms with E-state index in [0.717, 1.165) is 30.8 Å². The van der Waals surface area contributed by atoms with Gasteiger partial charge in [-0.1, -0.05) is 19.1 Å². The second-order valence-corrected chi connectivity index (χ2v) is 7.26. The zero-order chi connectivity index (χ0) is 13.4. The molecule has 1 N–H and O–H groups in total. The summed E-state index contributed by atoms with van der Waals surface area (Å²) >= 11 is 1.84. The molecule has 0 amide bonds. The average Bonchev–Trinajstić information content (AvgIpc) is 2.39. The van der Waals surface area contributed by atoms with Crippen LogP contribution in [0.1, 0.15) is 19.8 Å². The summed E-state index contributed by atoms with van der Waals surface area (Å²) in [5.41, 5.74) is 0.725. The standard InChI is InChI=1S/C13H21NO2S2/c1-3-18(15,16)13-9-5-4-8-12(13)14-10-6-7-11-17-2/h4-5,8-9,14H,3,6-7,10-11H2,1-2H3. The fourth-order valence-corrected chi connectivity index (χ4v) is 3.20. The first-order valence-corrected chi connectivity index (χ1v) is 9.21. The predicted molar refractivity (Wildman–Crippen MR) is 80.3 cm³/mol. The first-order valence-electron chi connectivity index (χ1n) is 6.16. The van der Waals surface area contributed by atoms with Crippen molar-refractivity contribution in [2.24, 2.45) is 0 Å². The maximum Gasteiger partial charge on any atom is 0.180 e. The summed E-state index contributed by atoms with van der Waals surface area (Å²) in [6.07, 6.45) is 4.30. The molecule has 0 unspecified atom stereocenters. The largest absolute Gasteiger partial charge is 0.384 e. The van der Waals surface area contributed by atoms with Crippen LogP contribution >= 0.6 is 11.8 Å². The molecule has 102 valence electrons. The molecular formula is C13H21NO2S2. The lowest BCUT2D eigenvalue weighted by atomic mass is 10.3. The lowest BCUT2D eigenvalue weighted by molar-refractivity contribution is 0.597. The van der Waals surface area contributed by atoms with Gasteiger partial charge >= 0.3 is 0 Å². The molecule has 0 spiro atoms. The van der Waals surface area contributed by atoms with Gasteiger partial charge in [0.1, 0.15) is 0 Å². The molecule has 0 heterocycles. The van der Waals surface area contributed by atoms with Crippen LogP contribution in [-0.4, -0.2) is 32.7 Å². The van der Waals surface area contributed by atoms with Crippen molar-refractivity contribution in [3.8, 4) is 0 Å². The minimum absolute atomic E-state index is 0.137. The Hall–Kier alpha value is -0.680. The highest BCUT2D eigenvalue weighted by Gasteiger charge is 2.15. The molecule has 18 heavy (non-hydrogen) atoms. The number of benzene rings is 1. The van der Waals surface area contributed by atoms with Gasteiger partial charge in [0.25, 0.3) is 0 Å². The Bertz CT molecular complexity index is 458. The van der Waals surface area contributed by atoms with Crippen molar-refractivity contribution in [3.63, 3.8) is 0 Å². The monoisotopic (exact) mass is 287 g/mol. The van der Waals surface area contributed by atoms with Crippen LogP contribution in [0.4, 0.5) is 5.69 Å². The molecule has 1 aromatic rings. The summed E-state index contributed by atoms with van der Waals surface area (Å²) in [7, 11) is -3.14. The van der Waals surface area contributed by atoms with Crippen LogP contribution in [-0.2, 0) is 9.84 Å². The van der Waals surface area contributed by atoms with Gasteiger partial charge in [0, 0.05) is 6.54 Å². The molecule has 1 aromatic carbocycles. The third kappa shape index (κ3) is 4.53. The van der Waals surface area contributed by atoms with E-state index in [-0.39, 0.29) is 5.75 Å². The first-order chi connectivity index (χ1) is 8.61. The first kappa shape index (κ1) is 15.4. The predicted octanol–water partition coefficient (Wildman–Crippen LogP) is 3.04. The van der Waals surface area contributed by atoms with Gasteiger partial charge in [-0.3, -0.25) is 0 Å². The second kappa shape index (κ2) is 7.69. The molecule has 0 saturated carbocycles. The van der Waals surface area contributed by atoms with Crippen molar-refractivity contribution in [3.05, 3.63) is 24.3 Å². The second-order valence-electron chi connectivity index (χ2n) is 4.03. The molecule has 0 saturated heterocycles. The molecule has 0 radical (unpaired) electrons. The maximum absolute atomic E-state index is 11.9. The van der Waals surface area contributed by atoms with E-state index in [1.807, 2.05) is 23.9 Å². The Labute approximate surface area is 114 Å². The highest BCUT2D eigenvalue weighted by molar-refractivity contribution is 7.98. The summed E-state index contributed by atoms with van der Waals surface area (Å²) < 4.78 is 23.8. The fraction of sp³-hybridized carbons (Fsp3) is 0.538. The minimum Gasteiger partial charge on any atom is -0.384 e. The minimum atomic E-state index is -3.14. The molecule has 0 aliphatic rings.